The number of rotatable bonds is 24. The molecule has 0 spiro atoms. The van der Waals surface area contributed by atoms with Gasteiger partial charge in [0.05, 0.1) is 39.1 Å². The number of aliphatic hydroxyl groups excluding tert-OH is 1. The average Bonchev–Trinajstić information content (AvgIpc) is 2.74. The predicted octanol–water partition coefficient (Wildman–Crippen LogP) is 9.00. The highest BCUT2D eigenvalue weighted by Crippen LogP contribution is 2.56. The molecule has 0 unspecified atom stereocenters. The zero-order chi connectivity index (χ0) is 21.5. The van der Waals surface area contributed by atoms with Gasteiger partial charge in [0.15, 0.2) is 0 Å². The number of nitrogens with one attached hydrogen (secondary N) is 1. The molecule has 30 heavy (non-hydrogen) atoms. The summed E-state index contributed by atoms with van der Waals surface area (Å²) in [7, 11) is -1.09. The van der Waals surface area contributed by atoms with E-state index in [1.165, 1.54) is 134 Å². The van der Waals surface area contributed by atoms with Crippen molar-refractivity contribution in [1.82, 2.24) is 5.09 Å². The summed E-state index contributed by atoms with van der Waals surface area (Å²) in [5.41, 5.74) is 0. The van der Waals surface area contributed by atoms with Gasteiger partial charge < -0.3 is 5.11 Å². The monoisotopic (exact) mass is 466 g/mol. The number of unbranched alkanes of at least 4 members (excludes halogenated alkanes) is 15. The fraction of sp³-hybridized carbons (Fsp3) is 1.00. The quantitative estimate of drug-likeness (QED) is 0.110. The Kier molecular flexibility index (Phi) is 28.3. The molecule has 0 radical (unpaired) electrons. The normalized spacial score (nSPS) is 11.6. The fourth-order valence-electron chi connectivity index (χ4n) is 4.44. The molecule has 0 fully saturated rings. The Labute approximate surface area is 198 Å². The Morgan fingerprint density at radius 2 is 0.800 bits per heavy atom. The topological polar surface area (TPSA) is 32.3 Å². The summed E-state index contributed by atoms with van der Waals surface area (Å²) in [5.74, 6) is 0. The zero-order valence-corrected chi connectivity index (χ0v) is 22.8. The van der Waals surface area contributed by atoms with Crippen molar-refractivity contribution in [2.75, 3.05) is 31.6 Å². The second-order valence-electron chi connectivity index (χ2n) is 9.25. The molecule has 0 rings (SSSR count). The van der Waals surface area contributed by atoms with Gasteiger partial charge in [-0.1, -0.05) is 97.8 Å². The first kappa shape index (κ1) is 32.8. The minimum absolute atomic E-state index is 0. The Morgan fingerprint density at radius 1 is 0.500 bits per heavy atom. The van der Waals surface area contributed by atoms with E-state index in [1.54, 1.807) is 0 Å². The van der Waals surface area contributed by atoms with Crippen LogP contribution in [-0.4, -0.2) is 36.7 Å². The molecule has 0 saturated heterocycles. The minimum atomic E-state index is -1.09. The van der Waals surface area contributed by atoms with Gasteiger partial charge in [-0.25, -0.2) is 0 Å². The Morgan fingerprint density at radius 3 is 1.10 bits per heavy atom. The van der Waals surface area contributed by atoms with E-state index in [0.29, 0.717) is 6.61 Å². The molecule has 184 valence electrons. The van der Waals surface area contributed by atoms with Gasteiger partial charge in [-0.05, 0) is 38.5 Å². The minimum Gasteiger partial charge on any atom is -0.395 e. The lowest BCUT2D eigenvalue weighted by atomic mass is 10.1. The third kappa shape index (κ3) is 20.5. The Balaban J connectivity index is 0. The van der Waals surface area contributed by atoms with Gasteiger partial charge in [0.2, 0.25) is 0 Å². The third-order valence-electron chi connectivity index (χ3n) is 6.38. The van der Waals surface area contributed by atoms with Crippen LogP contribution in [0.3, 0.4) is 0 Å². The third-order valence-corrected chi connectivity index (χ3v) is 10.8. The van der Waals surface area contributed by atoms with Crippen molar-refractivity contribution in [2.45, 2.75) is 136 Å². The van der Waals surface area contributed by atoms with E-state index in [0.717, 1.165) is 6.54 Å². The van der Waals surface area contributed by atoms with E-state index in [-0.39, 0.29) is 12.4 Å². The van der Waals surface area contributed by atoms with Crippen LogP contribution in [0.1, 0.15) is 136 Å². The number of hydrogen-bond acceptors (Lipinski definition) is 2. The first-order valence-electron chi connectivity index (χ1n) is 13.5. The van der Waals surface area contributed by atoms with E-state index in [2.05, 4.69) is 25.9 Å². The van der Waals surface area contributed by atoms with Crippen molar-refractivity contribution in [3.05, 3.63) is 0 Å². The molecule has 0 bridgehead atoms. The van der Waals surface area contributed by atoms with Crippen molar-refractivity contribution in [1.29, 1.82) is 0 Å². The molecule has 0 amide bonds. The second-order valence-corrected chi connectivity index (χ2v) is 13.2. The van der Waals surface area contributed by atoms with Gasteiger partial charge in [0.25, 0.3) is 0 Å². The maximum atomic E-state index is 9.49. The van der Waals surface area contributed by atoms with Gasteiger partial charge in [-0.15, -0.1) is 12.4 Å². The smallest absolute Gasteiger partial charge is 0.0800 e. The van der Waals surface area contributed by atoms with Crippen molar-refractivity contribution >= 4 is 19.8 Å². The SMILES string of the molecule is CCCCCCCC[P+](CCCCCCCC)(CCCCCCCC)NCCO.Cl. The molecule has 2 N–H and O–H groups in total. The summed E-state index contributed by atoms with van der Waals surface area (Å²) in [4.78, 5) is 0. The van der Waals surface area contributed by atoms with E-state index in [9.17, 15) is 5.11 Å². The number of halogens is 1. The van der Waals surface area contributed by atoms with Gasteiger partial charge in [0, 0.05) is 0 Å². The number of hydrogen-bond donors (Lipinski definition) is 2. The lowest BCUT2D eigenvalue weighted by Crippen LogP contribution is -2.27. The van der Waals surface area contributed by atoms with Crippen LogP contribution < -0.4 is 5.09 Å². The van der Waals surface area contributed by atoms with Crippen LogP contribution >= 0.6 is 19.8 Å². The molecule has 0 aromatic heterocycles. The fourth-order valence-corrected chi connectivity index (χ4v) is 8.65. The van der Waals surface area contributed by atoms with E-state index in [1.807, 2.05) is 0 Å². The molecule has 4 heteroatoms. The zero-order valence-electron chi connectivity index (χ0n) is 21.1. The van der Waals surface area contributed by atoms with E-state index in [4.69, 9.17) is 0 Å². The molecular weight excluding hydrogens is 409 g/mol. The first-order valence-corrected chi connectivity index (χ1v) is 15.8. The van der Waals surface area contributed by atoms with Crippen LogP contribution in [0.25, 0.3) is 0 Å². The maximum Gasteiger partial charge on any atom is 0.0800 e. The standard InChI is InChI=1S/C26H57NOP.ClH/c1-4-7-10-13-16-19-24-29(27-22-23-28,25-20-17-14-11-8-5-2)26-21-18-15-12-9-6-3;/h27-28H,4-26H2,1-3H3;1H/q+1;. The van der Waals surface area contributed by atoms with Crippen molar-refractivity contribution in [2.24, 2.45) is 0 Å². The summed E-state index contributed by atoms with van der Waals surface area (Å²) in [6, 6.07) is 0. The molecule has 0 saturated carbocycles. The summed E-state index contributed by atoms with van der Waals surface area (Å²) < 4.78 is 0. The molecule has 0 heterocycles. The van der Waals surface area contributed by atoms with E-state index < -0.39 is 7.41 Å². The van der Waals surface area contributed by atoms with Crippen LogP contribution in [0, 0.1) is 0 Å². The molecular formula is C26H58ClNOP+. The lowest BCUT2D eigenvalue weighted by molar-refractivity contribution is 0.301. The highest BCUT2D eigenvalue weighted by atomic mass is 35.5. The highest BCUT2D eigenvalue weighted by molar-refractivity contribution is 7.74. The largest absolute Gasteiger partial charge is 0.395 e. The molecule has 0 aliphatic carbocycles. The summed E-state index contributed by atoms with van der Waals surface area (Å²) in [6.07, 6.45) is 29.4. The van der Waals surface area contributed by atoms with Crippen LogP contribution in [0.4, 0.5) is 0 Å². The van der Waals surface area contributed by atoms with Gasteiger partial charge in [0.1, 0.15) is 0 Å². The molecule has 0 aromatic carbocycles. The average molecular weight is 467 g/mol. The molecule has 0 aliphatic rings. The summed E-state index contributed by atoms with van der Waals surface area (Å²) >= 11 is 0. The molecule has 0 aliphatic heterocycles. The van der Waals surface area contributed by atoms with Crippen LogP contribution in [0.2, 0.25) is 0 Å². The van der Waals surface area contributed by atoms with Gasteiger partial charge >= 0.3 is 0 Å². The van der Waals surface area contributed by atoms with Crippen molar-refractivity contribution in [3.8, 4) is 0 Å². The van der Waals surface area contributed by atoms with Gasteiger partial charge in [-0.2, -0.15) is 5.09 Å². The van der Waals surface area contributed by atoms with Crippen LogP contribution in [-0.2, 0) is 0 Å². The molecule has 2 nitrogen and oxygen atoms in total. The Hall–Kier alpha value is 0.640. The maximum absolute atomic E-state index is 9.49. The first-order chi connectivity index (χ1) is 14.2. The molecule has 0 atom stereocenters. The summed E-state index contributed by atoms with van der Waals surface area (Å²) in [5, 5.41) is 13.4. The van der Waals surface area contributed by atoms with Crippen LogP contribution in [0.15, 0.2) is 0 Å². The molecule has 0 aromatic rings. The summed E-state index contributed by atoms with van der Waals surface area (Å²) in [6.45, 7) is 8.02. The van der Waals surface area contributed by atoms with Crippen molar-refractivity contribution < 1.29 is 5.11 Å². The van der Waals surface area contributed by atoms with Crippen LogP contribution in [0.5, 0.6) is 0 Å². The number of aliphatic hydroxyl groups is 1. The second kappa shape index (κ2) is 25.9. The lowest BCUT2D eigenvalue weighted by Gasteiger charge is -2.28. The highest BCUT2D eigenvalue weighted by Gasteiger charge is 2.35. The van der Waals surface area contributed by atoms with E-state index >= 15 is 0 Å². The van der Waals surface area contributed by atoms with Gasteiger partial charge in [-0.3, -0.25) is 0 Å². The predicted molar refractivity (Wildman–Crippen MR) is 144 cm³/mol. The van der Waals surface area contributed by atoms with Crippen molar-refractivity contribution in [3.63, 3.8) is 0 Å². The Bertz CT molecular complexity index is 277.